The van der Waals surface area contributed by atoms with Crippen molar-refractivity contribution in [3.8, 4) is 0 Å². The van der Waals surface area contributed by atoms with Crippen LogP contribution in [-0.4, -0.2) is 27.9 Å². The third-order valence-corrected chi connectivity index (χ3v) is 3.11. The molecule has 1 rings (SSSR count). The van der Waals surface area contributed by atoms with Crippen LogP contribution in [0.3, 0.4) is 0 Å². The zero-order chi connectivity index (χ0) is 5.98. The zero-order valence-corrected chi connectivity index (χ0v) is 6.71. The molecule has 45 valence electrons. The van der Waals surface area contributed by atoms with Gasteiger partial charge in [0.2, 0.25) is 15.2 Å². The van der Waals surface area contributed by atoms with E-state index in [2.05, 4.69) is 12.7 Å². The fraction of sp³-hybridized carbons (Fsp3) is 1.00. The summed E-state index contributed by atoms with van der Waals surface area (Å²) in [5, 5.41) is 0. The van der Waals surface area contributed by atoms with E-state index in [9.17, 15) is 0 Å². The molecule has 0 bridgehead atoms. The Bertz CT molecular complexity index is 74.9. The van der Waals surface area contributed by atoms with E-state index in [0.29, 0.717) is 21.3 Å². The van der Waals surface area contributed by atoms with Crippen LogP contribution in [0, 0.1) is 0 Å². The van der Waals surface area contributed by atoms with Gasteiger partial charge in [-0.1, -0.05) is 4.78 Å². The Morgan fingerprint density at radius 2 is 2.38 bits per heavy atom. The Balaban J connectivity index is 2.22. The summed E-state index contributed by atoms with van der Waals surface area (Å²) < 4.78 is 6.31. The van der Waals surface area contributed by atoms with Gasteiger partial charge in [0.05, 0.1) is 6.10 Å². The third-order valence-electron chi connectivity index (χ3n) is 1.70. The van der Waals surface area contributed by atoms with Gasteiger partial charge in [-0.2, -0.15) is 0 Å². The Morgan fingerprint density at radius 1 is 1.62 bits per heavy atom. The van der Waals surface area contributed by atoms with E-state index < -0.39 is 0 Å². The van der Waals surface area contributed by atoms with E-state index in [-0.39, 0.29) is 0 Å². The molecule has 1 nitrogen and oxygen atoms in total. The van der Waals surface area contributed by atoms with Crippen molar-refractivity contribution in [1.82, 2.24) is 0 Å². The molecule has 0 amide bonds. The first-order valence-corrected chi connectivity index (χ1v) is 5.06. The molecule has 0 aliphatic carbocycles. The van der Waals surface area contributed by atoms with Crippen LogP contribution in [0.25, 0.3) is 0 Å². The molecule has 2 atom stereocenters. The molecule has 1 saturated heterocycles. The van der Waals surface area contributed by atoms with E-state index >= 15 is 0 Å². The van der Waals surface area contributed by atoms with Gasteiger partial charge in [-0.25, -0.2) is 0 Å². The highest BCUT2D eigenvalue weighted by Gasteiger charge is 2.19. The fourth-order valence-corrected chi connectivity index (χ4v) is 2.04. The molecule has 2 heteroatoms. The smallest absolute Gasteiger partial charge is 0.204 e. The summed E-state index contributed by atoms with van der Waals surface area (Å²) in [5.41, 5.74) is 0. The minimum absolute atomic E-state index is 0.549. The summed E-state index contributed by atoms with van der Waals surface area (Å²) in [4.78, 5) is 0. The van der Waals surface area contributed by atoms with E-state index in [0.717, 1.165) is 11.4 Å². The standard InChI is InChI=1S/C5H9O.CH3.Al/c1-5-3-2-4-6-5;;/h2,5H,3-4H2,1H3;1H3;. The van der Waals surface area contributed by atoms with Gasteiger partial charge in [-0.15, -0.1) is 5.79 Å². The van der Waals surface area contributed by atoms with E-state index in [1.54, 1.807) is 0 Å². The number of ether oxygens (including phenoxy) is 1. The van der Waals surface area contributed by atoms with E-state index in [1.807, 2.05) is 0 Å². The van der Waals surface area contributed by atoms with Crippen LogP contribution >= 0.6 is 0 Å². The predicted octanol–water partition coefficient (Wildman–Crippen LogP) is 1.34. The average molecular weight is 127 g/mol. The molecule has 0 aromatic heterocycles. The number of hydrogen-bond acceptors (Lipinski definition) is 1. The molecule has 0 aromatic carbocycles. The van der Waals surface area contributed by atoms with Crippen molar-refractivity contribution in [2.24, 2.45) is 0 Å². The molecular weight excluding hydrogens is 115 g/mol. The quantitative estimate of drug-likeness (QED) is 0.483. The lowest BCUT2D eigenvalue weighted by molar-refractivity contribution is 0.125. The van der Waals surface area contributed by atoms with Crippen LogP contribution in [-0.2, 0) is 4.74 Å². The molecule has 2 unspecified atom stereocenters. The monoisotopic (exact) mass is 127 g/mol. The van der Waals surface area contributed by atoms with Gasteiger partial charge in [-0.05, 0) is 13.3 Å². The first-order chi connectivity index (χ1) is 3.83. The molecule has 8 heavy (non-hydrogen) atoms. The Kier molecular flexibility index (Phi) is 2.37. The van der Waals surface area contributed by atoms with Gasteiger partial charge < -0.3 is 4.74 Å². The summed E-state index contributed by atoms with van der Waals surface area (Å²) in [5.74, 6) is 2.31. The first kappa shape index (κ1) is 6.61. The van der Waals surface area contributed by atoms with E-state index in [4.69, 9.17) is 4.74 Å². The minimum atomic E-state index is 0.549. The molecular formula is C6H12AlO. The molecule has 0 saturated carbocycles. The maximum absolute atomic E-state index is 5.38. The zero-order valence-electron chi connectivity index (χ0n) is 5.55. The van der Waals surface area contributed by atoms with Crippen LogP contribution in [0.4, 0.5) is 0 Å². The van der Waals surface area contributed by atoms with Crippen molar-refractivity contribution in [3.05, 3.63) is 0 Å². The summed E-state index contributed by atoms with van der Waals surface area (Å²) in [6.07, 6.45) is 1.86. The Hall–Kier alpha value is 0.492. The topological polar surface area (TPSA) is 9.23 Å². The van der Waals surface area contributed by atoms with Crippen LogP contribution in [0.2, 0.25) is 10.6 Å². The van der Waals surface area contributed by atoms with Gasteiger partial charge in [0.1, 0.15) is 0 Å². The summed E-state index contributed by atoms with van der Waals surface area (Å²) in [6.45, 7) is 3.20. The largest absolute Gasteiger partial charge is 0.380 e. The molecule has 0 spiro atoms. The molecule has 1 fully saturated rings. The normalized spacial score (nSPS) is 37.8. The van der Waals surface area contributed by atoms with Gasteiger partial charge in [0, 0.05) is 6.61 Å². The van der Waals surface area contributed by atoms with Crippen molar-refractivity contribution in [1.29, 1.82) is 0 Å². The van der Waals surface area contributed by atoms with Crippen molar-refractivity contribution in [2.45, 2.75) is 30.0 Å². The highest BCUT2D eigenvalue weighted by Crippen LogP contribution is 2.22. The Labute approximate surface area is 57.1 Å². The summed E-state index contributed by atoms with van der Waals surface area (Å²) in [7, 11) is 0. The van der Waals surface area contributed by atoms with Gasteiger partial charge >= 0.3 is 0 Å². The van der Waals surface area contributed by atoms with Gasteiger partial charge in [0.25, 0.3) is 0 Å². The number of rotatable bonds is 1. The molecule has 0 N–H and O–H groups in total. The number of hydrogen-bond donors (Lipinski definition) is 0. The molecule has 1 radical (unpaired) electrons. The second-order valence-corrected chi connectivity index (χ2v) is 4.08. The van der Waals surface area contributed by atoms with Crippen molar-refractivity contribution in [3.63, 3.8) is 0 Å². The highest BCUT2D eigenvalue weighted by molar-refractivity contribution is 6.35. The summed E-state index contributed by atoms with van der Waals surface area (Å²) in [6, 6.07) is 0. The predicted molar refractivity (Wildman–Crippen MR) is 35.4 cm³/mol. The minimum Gasteiger partial charge on any atom is -0.380 e. The third kappa shape index (κ3) is 1.48. The van der Waals surface area contributed by atoms with Crippen LogP contribution < -0.4 is 0 Å². The van der Waals surface area contributed by atoms with E-state index in [1.165, 1.54) is 6.42 Å². The lowest BCUT2D eigenvalue weighted by Crippen LogP contribution is -1.97. The van der Waals surface area contributed by atoms with Crippen LogP contribution in [0.5, 0.6) is 0 Å². The molecule has 0 aromatic rings. The second kappa shape index (κ2) is 2.87. The fourth-order valence-electron chi connectivity index (χ4n) is 1.08. The van der Waals surface area contributed by atoms with Crippen LogP contribution in [0.1, 0.15) is 13.3 Å². The first-order valence-electron chi connectivity index (χ1n) is 3.24. The van der Waals surface area contributed by atoms with Gasteiger partial charge in [-0.3, -0.25) is 0 Å². The summed E-state index contributed by atoms with van der Waals surface area (Å²) >= 11 is 0.653. The Morgan fingerprint density at radius 3 is 2.62 bits per heavy atom. The van der Waals surface area contributed by atoms with Gasteiger partial charge in [0.15, 0.2) is 0 Å². The lowest BCUT2D eigenvalue weighted by atomic mass is 10.3. The van der Waals surface area contributed by atoms with Crippen LogP contribution in [0.15, 0.2) is 0 Å². The van der Waals surface area contributed by atoms with Crippen molar-refractivity contribution in [2.75, 3.05) is 6.61 Å². The second-order valence-electron chi connectivity index (χ2n) is 2.47. The SMILES string of the molecule is [CH3][Al][CH]1COC(C)C1. The molecule has 1 aliphatic heterocycles. The average Bonchev–Trinajstić information content (AvgIpc) is 2.14. The van der Waals surface area contributed by atoms with Crippen molar-refractivity contribution >= 4 is 15.2 Å². The maximum atomic E-state index is 5.38. The highest BCUT2D eigenvalue weighted by atomic mass is 27.1. The maximum Gasteiger partial charge on any atom is 0.204 e. The lowest BCUT2D eigenvalue weighted by Gasteiger charge is -1.97. The van der Waals surface area contributed by atoms with Crippen molar-refractivity contribution < 1.29 is 4.74 Å². The molecule has 1 aliphatic rings. The molecule has 1 heterocycles.